The van der Waals surface area contributed by atoms with Crippen LogP contribution >= 0.6 is 11.3 Å². The predicted molar refractivity (Wildman–Crippen MR) is 100 cm³/mol. The van der Waals surface area contributed by atoms with Gasteiger partial charge in [-0.3, -0.25) is 4.79 Å². The molecule has 0 radical (unpaired) electrons. The monoisotopic (exact) mass is 353 g/mol. The predicted octanol–water partition coefficient (Wildman–Crippen LogP) is 3.50. The molecule has 0 aliphatic carbocycles. The highest BCUT2D eigenvalue weighted by molar-refractivity contribution is 7.13. The Morgan fingerprint density at radius 2 is 1.92 bits per heavy atom. The second-order valence-corrected chi connectivity index (χ2v) is 7.12. The first-order valence-corrected chi connectivity index (χ1v) is 9.34. The van der Waals surface area contributed by atoms with Crippen LogP contribution in [0.5, 0.6) is 0 Å². The highest BCUT2D eigenvalue weighted by Gasteiger charge is 2.21. The van der Waals surface area contributed by atoms with Crippen molar-refractivity contribution in [2.24, 2.45) is 0 Å². The van der Waals surface area contributed by atoms with Crippen LogP contribution in [0.2, 0.25) is 0 Å². The van der Waals surface area contributed by atoms with Crippen molar-refractivity contribution in [3.8, 4) is 0 Å². The van der Waals surface area contributed by atoms with E-state index in [0.717, 1.165) is 54.2 Å². The Labute approximate surface area is 149 Å². The van der Waals surface area contributed by atoms with Crippen molar-refractivity contribution in [2.45, 2.75) is 26.2 Å². The molecule has 1 N–H and O–H groups in total. The lowest BCUT2D eigenvalue weighted by Crippen LogP contribution is -2.23. The van der Waals surface area contributed by atoms with Gasteiger partial charge in [0.25, 0.3) is 5.91 Å². The van der Waals surface area contributed by atoms with E-state index in [1.54, 1.807) is 6.20 Å². The number of rotatable bonds is 4. The number of thiazole rings is 1. The van der Waals surface area contributed by atoms with Gasteiger partial charge in [0.2, 0.25) is 0 Å². The quantitative estimate of drug-likeness (QED) is 0.777. The molecule has 0 spiro atoms. The minimum atomic E-state index is -0.178. The van der Waals surface area contributed by atoms with E-state index >= 15 is 0 Å². The number of aromatic nitrogens is 3. The molecule has 1 saturated heterocycles. The summed E-state index contributed by atoms with van der Waals surface area (Å²) in [6.07, 6.45) is 4.72. The average molecular weight is 353 g/mol. The summed E-state index contributed by atoms with van der Waals surface area (Å²) in [6.45, 7) is 3.91. The molecule has 3 aromatic rings. The van der Waals surface area contributed by atoms with E-state index in [2.05, 4.69) is 20.2 Å². The number of anilines is 2. The van der Waals surface area contributed by atoms with Crippen molar-refractivity contribution in [1.29, 1.82) is 0 Å². The number of carbonyl (C=O) groups is 1. The number of nitrogens with one attached hydrogen (secondary N) is 1. The van der Waals surface area contributed by atoms with Gasteiger partial charge >= 0.3 is 0 Å². The van der Waals surface area contributed by atoms with Gasteiger partial charge in [0.1, 0.15) is 4.88 Å². The molecule has 128 valence electrons. The van der Waals surface area contributed by atoms with E-state index in [9.17, 15) is 4.79 Å². The Morgan fingerprint density at radius 3 is 2.60 bits per heavy atom. The highest BCUT2D eigenvalue weighted by Crippen LogP contribution is 2.28. The minimum Gasteiger partial charge on any atom is -0.354 e. The number of carbonyl (C=O) groups excluding carboxylic acids is 1. The Hall–Kier alpha value is -2.54. The third-order valence-electron chi connectivity index (χ3n) is 4.27. The first kappa shape index (κ1) is 16.0. The summed E-state index contributed by atoms with van der Waals surface area (Å²) in [6, 6.07) is 7.74. The summed E-state index contributed by atoms with van der Waals surface area (Å²) in [5, 5.41) is 3.90. The van der Waals surface area contributed by atoms with Crippen LogP contribution in [-0.4, -0.2) is 33.9 Å². The zero-order chi connectivity index (χ0) is 17.2. The lowest BCUT2D eigenvalue weighted by Gasteiger charge is -2.20. The minimum absolute atomic E-state index is 0.178. The van der Waals surface area contributed by atoms with Crippen molar-refractivity contribution < 1.29 is 4.79 Å². The standard InChI is InChI=1S/C18H19N5OS/c1-2-15-19-11-14(25-15)18(24)22-16-17(23-9-5-6-10-23)21-13-8-4-3-7-12(13)20-16/h3-4,7-8,11H,2,5-6,9-10H2,1H3,(H,20,22,24). The first-order valence-electron chi connectivity index (χ1n) is 8.52. The van der Waals surface area contributed by atoms with Gasteiger partial charge in [-0.25, -0.2) is 15.0 Å². The van der Waals surface area contributed by atoms with Crippen LogP contribution in [0, 0.1) is 0 Å². The fourth-order valence-corrected chi connectivity index (χ4v) is 3.72. The number of hydrogen-bond donors (Lipinski definition) is 1. The van der Waals surface area contributed by atoms with Crippen molar-refractivity contribution in [3.05, 3.63) is 40.3 Å². The molecule has 1 fully saturated rings. The van der Waals surface area contributed by atoms with E-state index in [1.165, 1.54) is 11.3 Å². The van der Waals surface area contributed by atoms with Crippen LogP contribution < -0.4 is 10.2 Å². The molecule has 3 heterocycles. The highest BCUT2D eigenvalue weighted by atomic mass is 32.1. The fraction of sp³-hybridized carbons (Fsp3) is 0.333. The molecule has 0 unspecified atom stereocenters. The Morgan fingerprint density at radius 1 is 1.20 bits per heavy atom. The van der Waals surface area contributed by atoms with Gasteiger partial charge in [0, 0.05) is 13.1 Å². The van der Waals surface area contributed by atoms with E-state index in [0.29, 0.717) is 10.7 Å². The molecule has 0 bridgehead atoms. The van der Waals surface area contributed by atoms with Crippen LogP contribution in [0.3, 0.4) is 0 Å². The normalized spacial score (nSPS) is 14.2. The summed E-state index contributed by atoms with van der Waals surface area (Å²) >= 11 is 1.42. The van der Waals surface area contributed by atoms with Crippen LogP contribution in [0.15, 0.2) is 30.5 Å². The maximum absolute atomic E-state index is 12.6. The number of fused-ring (bicyclic) bond motifs is 1. The topological polar surface area (TPSA) is 71.0 Å². The zero-order valence-electron chi connectivity index (χ0n) is 14.0. The Kier molecular flexibility index (Phi) is 4.31. The summed E-state index contributed by atoms with van der Waals surface area (Å²) in [7, 11) is 0. The van der Waals surface area contributed by atoms with E-state index in [-0.39, 0.29) is 5.91 Å². The molecule has 1 aliphatic rings. The van der Waals surface area contributed by atoms with Crippen molar-refractivity contribution in [1.82, 2.24) is 15.0 Å². The SMILES string of the molecule is CCc1ncc(C(=O)Nc2nc3ccccc3nc2N2CCCC2)s1. The molecular weight excluding hydrogens is 334 g/mol. The molecule has 2 aromatic heterocycles. The van der Waals surface area contributed by atoms with Gasteiger partial charge in [0.15, 0.2) is 11.6 Å². The van der Waals surface area contributed by atoms with Gasteiger partial charge in [-0.1, -0.05) is 19.1 Å². The summed E-state index contributed by atoms with van der Waals surface area (Å²) < 4.78 is 0. The van der Waals surface area contributed by atoms with Crippen molar-refractivity contribution in [2.75, 3.05) is 23.3 Å². The van der Waals surface area contributed by atoms with Gasteiger partial charge in [0.05, 0.1) is 22.2 Å². The van der Waals surface area contributed by atoms with E-state index in [4.69, 9.17) is 4.98 Å². The van der Waals surface area contributed by atoms with Crippen LogP contribution in [0.25, 0.3) is 11.0 Å². The van der Waals surface area contributed by atoms with Gasteiger partial charge < -0.3 is 10.2 Å². The first-order chi connectivity index (χ1) is 12.2. The van der Waals surface area contributed by atoms with Gasteiger partial charge in [-0.2, -0.15) is 0 Å². The smallest absolute Gasteiger partial charge is 0.268 e. The molecule has 4 rings (SSSR count). The maximum Gasteiger partial charge on any atom is 0.268 e. The largest absolute Gasteiger partial charge is 0.354 e. The number of aryl methyl sites for hydroxylation is 1. The third-order valence-corrected chi connectivity index (χ3v) is 5.41. The lowest BCUT2D eigenvalue weighted by molar-refractivity contribution is 0.103. The van der Waals surface area contributed by atoms with Crippen molar-refractivity contribution in [3.63, 3.8) is 0 Å². The molecule has 1 amide bonds. The number of amides is 1. The van der Waals surface area contributed by atoms with Crippen LogP contribution in [0.4, 0.5) is 11.6 Å². The molecule has 6 nitrogen and oxygen atoms in total. The number of para-hydroxylation sites is 2. The molecule has 1 aromatic carbocycles. The number of hydrogen-bond acceptors (Lipinski definition) is 6. The molecular formula is C18H19N5OS. The second kappa shape index (κ2) is 6.76. The fourth-order valence-electron chi connectivity index (χ4n) is 2.97. The molecule has 0 saturated carbocycles. The Balaban J connectivity index is 1.71. The molecule has 1 aliphatic heterocycles. The number of nitrogens with zero attached hydrogens (tertiary/aromatic N) is 4. The Bertz CT molecular complexity index is 917. The summed E-state index contributed by atoms with van der Waals surface area (Å²) in [5.74, 6) is 1.10. The summed E-state index contributed by atoms with van der Waals surface area (Å²) in [5.41, 5.74) is 1.62. The van der Waals surface area contributed by atoms with Gasteiger partial charge in [-0.15, -0.1) is 11.3 Å². The maximum atomic E-state index is 12.6. The lowest BCUT2D eigenvalue weighted by atomic mass is 10.3. The van der Waals surface area contributed by atoms with Gasteiger partial charge in [-0.05, 0) is 31.4 Å². The third kappa shape index (κ3) is 3.19. The average Bonchev–Trinajstić information content (AvgIpc) is 3.32. The van der Waals surface area contributed by atoms with E-state index < -0.39 is 0 Å². The van der Waals surface area contributed by atoms with Crippen molar-refractivity contribution >= 4 is 39.9 Å². The second-order valence-electron chi connectivity index (χ2n) is 6.00. The summed E-state index contributed by atoms with van der Waals surface area (Å²) in [4.78, 5) is 29.1. The zero-order valence-corrected chi connectivity index (χ0v) is 14.8. The molecule has 25 heavy (non-hydrogen) atoms. The van der Waals surface area contributed by atoms with Crippen LogP contribution in [-0.2, 0) is 6.42 Å². The van der Waals surface area contributed by atoms with E-state index in [1.807, 2.05) is 31.2 Å². The molecule has 0 atom stereocenters. The molecule has 7 heteroatoms. The number of benzene rings is 1. The van der Waals surface area contributed by atoms with Crippen LogP contribution in [0.1, 0.15) is 34.4 Å².